The van der Waals surface area contributed by atoms with Crippen LogP contribution in [0.1, 0.15) is 10.4 Å². The molecule has 0 aromatic heterocycles. The minimum Gasteiger partial charge on any atom is -0.378 e. The number of nitrogens with one attached hydrogen (secondary N) is 2. The highest BCUT2D eigenvalue weighted by Crippen LogP contribution is 2.24. The Balaban J connectivity index is 1.88. The smallest absolute Gasteiger partial charge is 0.292 e. The Kier molecular flexibility index (Phi) is 5.64. The van der Waals surface area contributed by atoms with Gasteiger partial charge < -0.3 is 10.6 Å². The van der Waals surface area contributed by atoms with Gasteiger partial charge in [0.2, 0.25) is 0 Å². The van der Waals surface area contributed by atoms with Crippen LogP contribution in [0.4, 0.5) is 15.8 Å². The zero-order chi connectivity index (χ0) is 16.8. The van der Waals surface area contributed by atoms with E-state index in [-0.39, 0.29) is 30.4 Å². The number of hydrogen-bond donors (Lipinski definition) is 2. The first-order valence-corrected chi connectivity index (χ1v) is 7.48. The number of amides is 1. The van der Waals surface area contributed by atoms with Crippen LogP contribution in [0.2, 0.25) is 0 Å². The van der Waals surface area contributed by atoms with Crippen molar-refractivity contribution in [3.8, 4) is 0 Å². The van der Waals surface area contributed by atoms with Gasteiger partial charge in [-0.1, -0.05) is 15.9 Å². The van der Waals surface area contributed by atoms with Crippen molar-refractivity contribution in [1.29, 1.82) is 0 Å². The third kappa shape index (κ3) is 4.75. The number of anilines is 1. The number of rotatable bonds is 6. The molecule has 0 aliphatic carbocycles. The molecule has 1 amide bonds. The predicted molar refractivity (Wildman–Crippen MR) is 88.0 cm³/mol. The molecule has 23 heavy (non-hydrogen) atoms. The average molecular weight is 382 g/mol. The van der Waals surface area contributed by atoms with Gasteiger partial charge in [-0.3, -0.25) is 14.9 Å². The first kappa shape index (κ1) is 16.9. The van der Waals surface area contributed by atoms with Crippen molar-refractivity contribution in [3.63, 3.8) is 0 Å². The van der Waals surface area contributed by atoms with Crippen LogP contribution in [0.15, 0.2) is 46.9 Å². The molecule has 0 aliphatic heterocycles. The lowest BCUT2D eigenvalue weighted by atomic mass is 10.2. The maximum atomic E-state index is 13.2. The lowest BCUT2D eigenvalue weighted by molar-refractivity contribution is -0.384. The van der Waals surface area contributed by atoms with Crippen molar-refractivity contribution in [3.05, 3.63) is 68.4 Å². The van der Waals surface area contributed by atoms with E-state index in [1.807, 2.05) is 0 Å². The molecule has 0 atom stereocenters. The van der Waals surface area contributed by atoms with E-state index in [9.17, 15) is 19.3 Å². The standard InChI is InChI=1S/C15H13BrFN3O3/c16-11-3-1-10(2-4-11)15(21)19-8-7-18-13-9-12(17)5-6-14(13)20(22)23/h1-6,9,18H,7-8H2,(H,19,21). The number of benzene rings is 2. The Bertz CT molecular complexity index is 722. The van der Waals surface area contributed by atoms with Crippen LogP contribution in [0.25, 0.3) is 0 Å². The molecule has 120 valence electrons. The van der Waals surface area contributed by atoms with E-state index in [4.69, 9.17) is 0 Å². The van der Waals surface area contributed by atoms with Gasteiger partial charge in [0, 0.05) is 35.3 Å². The van der Waals surface area contributed by atoms with Crippen LogP contribution in [-0.4, -0.2) is 23.9 Å². The van der Waals surface area contributed by atoms with Crippen molar-refractivity contribution < 1.29 is 14.1 Å². The number of carbonyl (C=O) groups excluding carboxylic acids is 1. The van der Waals surface area contributed by atoms with Crippen molar-refractivity contribution >= 4 is 33.2 Å². The van der Waals surface area contributed by atoms with Crippen LogP contribution in [0, 0.1) is 15.9 Å². The highest BCUT2D eigenvalue weighted by molar-refractivity contribution is 9.10. The summed E-state index contributed by atoms with van der Waals surface area (Å²) >= 11 is 3.28. The fourth-order valence-electron chi connectivity index (χ4n) is 1.89. The quantitative estimate of drug-likeness (QED) is 0.456. The lowest BCUT2D eigenvalue weighted by Crippen LogP contribution is -2.28. The van der Waals surface area contributed by atoms with Crippen molar-refractivity contribution in [2.45, 2.75) is 0 Å². The van der Waals surface area contributed by atoms with Crippen molar-refractivity contribution in [2.75, 3.05) is 18.4 Å². The third-order valence-corrected chi connectivity index (χ3v) is 3.52. The van der Waals surface area contributed by atoms with Crippen LogP contribution in [0.3, 0.4) is 0 Å². The molecule has 2 rings (SSSR count). The van der Waals surface area contributed by atoms with E-state index in [0.717, 1.165) is 22.7 Å². The molecule has 2 aromatic rings. The van der Waals surface area contributed by atoms with Gasteiger partial charge in [0.25, 0.3) is 11.6 Å². The SMILES string of the molecule is O=C(NCCNc1cc(F)ccc1[N+](=O)[O-])c1ccc(Br)cc1. The maximum Gasteiger partial charge on any atom is 0.292 e. The summed E-state index contributed by atoms with van der Waals surface area (Å²) in [5.74, 6) is -0.829. The average Bonchev–Trinajstić information content (AvgIpc) is 2.51. The van der Waals surface area contributed by atoms with Crippen molar-refractivity contribution in [2.24, 2.45) is 0 Å². The van der Waals surface area contributed by atoms with E-state index in [0.29, 0.717) is 5.56 Å². The van der Waals surface area contributed by atoms with E-state index in [1.54, 1.807) is 24.3 Å². The van der Waals surface area contributed by atoms with Gasteiger partial charge in [0.05, 0.1) is 4.92 Å². The Morgan fingerprint density at radius 1 is 1.17 bits per heavy atom. The van der Waals surface area contributed by atoms with Gasteiger partial charge in [0.15, 0.2) is 0 Å². The zero-order valence-electron chi connectivity index (χ0n) is 11.9. The van der Waals surface area contributed by atoms with Gasteiger partial charge in [-0.15, -0.1) is 0 Å². The van der Waals surface area contributed by atoms with E-state index in [2.05, 4.69) is 26.6 Å². The summed E-state index contributed by atoms with van der Waals surface area (Å²) in [5, 5.41) is 16.3. The first-order valence-electron chi connectivity index (χ1n) is 6.69. The second kappa shape index (κ2) is 7.68. The largest absolute Gasteiger partial charge is 0.378 e. The molecule has 0 aliphatic rings. The fourth-order valence-corrected chi connectivity index (χ4v) is 2.15. The monoisotopic (exact) mass is 381 g/mol. The Labute approximate surface area is 140 Å². The molecule has 0 bridgehead atoms. The van der Waals surface area contributed by atoms with Crippen LogP contribution in [-0.2, 0) is 0 Å². The number of nitrogens with zero attached hydrogens (tertiary/aromatic N) is 1. The fraction of sp³-hybridized carbons (Fsp3) is 0.133. The highest BCUT2D eigenvalue weighted by Gasteiger charge is 2.14. The molecule has 8 heteroatoms. The zero-order valence-corrected chi connectivity index (χ0v) is 13.5. The lowest BCUT2D eigenvalue weighted by Gasteiger charge is -2.09. The highest BCUT2D eigenvalue weighted by atomic mass is 79.9. The molecule has 6 nitrogen and oxygen atoms in total. The maximum absolute atomic E-state index is 13.2. The summed E-state index contributed by atoms with van der Waals surface area (Å²) in [7, 11) is 0. The topological polar surface area (TPSA) is 84.3 Å². The van der Waals surface area contributed by atoms with E-state index >= 15 is 0 Å². The van der Waals surface area contributed by atoms with Gasteiger partial charge in [-0.25, -0.2) is 4.39 Å². The number of hydrogen-bond acceptors (Lipinski definition) is 4. The van der Waals surface area contributed by atoms with Gasteiger partial charge in [0.1, 0.15) is 11.5 Å². The summed E-state index contributed by atoms with van der Waals surface area (Å²) < 4.78 is 14.0. The molecule has 0 heterocycles. The second-order valence-corrected chi connectivity index (χ2v) is 5.52. The summed E-state index contributed by atoms with van der Waals surface area (Å²) in [4.78, 5) is 22.1. The molecule has 2 N–H and O–H groups in total. The van der Waals surface area contributed by atoms with E-state index < -0.39 is 10.7 Å². The molecule has 0 spiro atoms. The molecule has 0 radical (unpaired) electrons. The summed E-state index contributed by atoms with van der Waals surface area (Å²) in [6.07, 6.45) is 0. The molecule has 0 saturated heterocycles. The number of halogens is 2. The molecule has 0 unspecified atom stereocenters. The minimum atomic E-state index is -0.595. The number of carbonyl (C=O) groups is 1. The first-order chi connectivity index (χ1) is 11.0. The van der Waals surface area contributed by atoms with Gasteiger partial charge in [-0.05, 0) is 30.3 Å². The predicted octanol–water partition coefficient (Wildman–Crippen LogP) is 3.34. The van der Waals surface area contributed by atoms with E-state index in [1.165, 1.54) is 0 Å². The normalized spacial score (nSPS) is 10.2. The molecule has 0 fully saturated rings. The second-order valence-electron chi connectivity index (χ2n) is 4.61. The summed E-state index contributed by atoms with van der Waals surface area (Å²) in [6.45, 7) is 0.467. The Hall–Kier alpha value is -2.48. The van der Waals surface area contributed by atoms with Gasteiger partial charge in [-0.2, -0.15) is 0 Å². The minimum absolute atomic E-state index is 0.0768. The summed E-state index contributed by atoms with van der Waals surface area (Å²) in [5.41, 5.74) is 0.364. The van der Waals surface area contributed by atoms with Crippen LogP contribution in [0.5, 0.6) is 0 Å². The molecular weight excluding hydrogens is 369 g/mol. The Morgan fingerprint density at radius 3 is 2.52 bits per heavy atom. The number of nitro groups is 1. The molecular formula is C15H13BrFN3O3. The molecule has 2 aromatic carbocycles. The third-order valence-electron chi connectivity index (χ3n) is 2.99. The van der Waals surface area contributed by atoms with Crippen LogP contribution >= 0.6 is 15.9 Å². The number of nitro benzene ring substituents is 1. The van der Waals surface area contributed by atoms with Gasteiger partial charge >= 0.3 is 0 Å². The molecule has 0 saturated carbocycles. The Morgan fingerprint density at radius 2 is 1.87 bits per heavy atom. The van der Waals surface area contributed by atoms with Crippen LogP contribution < -0.4 is 10.6 Å². The van der Waals surface area contributed by atoms with Crippen molar-refractivity contribution in [1.82, 2.24) is 5.32 Å². The summed E-state index contributed by atoms with van der Waals surface area (Å²) in [6, 6.07) is 10.0.